The Morgan fingerprint density at radius 3 is 2.67 bits per heavy atom. The fourth-order valence-electron chi connectivity index (χ4n) is 2.97. The number of aromatic nitrogens is 1. The number of nitrogens with two attached hydrogens (primary N) is 1. The van der Waals surface area contributed by atoms with Crippen LogP contribution in [-0.2, 0) is 4.79 Å². The van der Waals surface area contributed by atoms with E-state index in [9.17, 15) is 9.59 Å². The number of carbonyl (C=O) groups is 2. The Labute approximate surface area is 123 Å². The van der Waals surface area contributed by atoms with Crippen molar-refractivity contribution in [3.8, 4) is 0 Å². The van der Waals surface area contributed by atoms with Crippen LogP contribution in [0.2, 0.25) is 0 Å². The molecule has 2 heterocycles. The summed E-state index contributed by atoms with van der Waals surface area (Å²) in [7, 11) is 0. The number of hydrogen-bond acceptors (Lipinski definition) is 3. The molecular weight excluding hydrogens is 266 g/mol. The van der Waals surface area contributed by atoms with Crippen molar-refractivity contribution in [1.82, 2.24) is 9.88 Å². The summed E-state index contributed by atoms with van der Waals surface area (Å²) < 4.78 is 0. The molecule has 3 N–H and O–H groups in total. The topological polar surface area (TPSA) is 79.2 Å². The second-order valence-electron chi connectivity index (χ2n) is 5.62. The molecule has 0 unspecified atom stereocenters. The zero-order valence-corrected chi connectivity index (χ0v) is 11.8. The van der Waals surface area contributed by atoms with Gasteiger partial charge in [0.1, 0.15) is 0 Å². The molecule has 0 saturated carbocycles. The van der Waals surface area contributed by atoms with E-state index in [1.807, 2.05) is 24.3 Å². The van der Waals surface area contributed by atoms with Gasteiger partial charge >= 0.3 is 0 Å². The summed E-state index contributed by atoms with van der Waals surface area (Å²) in [5, 5.41) is 0.967. The molecule has 21 heavy (non-hydrogen) atoms. The van der Waals surface area contributed by atoms with Gasteiger partial charge in [-0.2, -0.15) is 0 Å². The van der Waals surface area contributed by atoms with E-state index in [4.69, 9.17) is 5.73 Å². The summed E-state index contributed by atoms with van der Waals surface area (Å²) in [6.45, 7) is 1.90. The maximum Gasteiger partial charge on any atom is 0.220 e. The SMILES string of the molecule is NC(=O)C1CCN(CC(=O)c2c[nH]c3ccccc23)CC1. The third kappa shape index (κ3) is 2.83. The van der Waals surface area contributed by atoms with Crippen LogP contribution in [0.4, 0.5) is 0 Å². The maximum absolute atomic E-state index is 12.5. The zero-order valence-electron chi connectivity index (χ0n) is 11.8. The lowest BCUT2D eigenvalue weighted by molar-refractivity contribution is -0.123. The summed E-state index contributed by atoms with van der Waals surface area (Å²) in [4.78, 5) is 28.8. The number of nitrogens with one attached hydrogen (secondary N) is 1. The lowest BCUT2D eigenvalue weighted by Gasteiger charge is -2.29. The number of fused-ring (bicyclic) bond motifs is 1. The summed E-state index contributed by atoms with van der Waals surface area (Å²) in [6, 6.07) is 7.80. The first-order valence-electron chi connectivity index (χ1n) is 7.26. The van der Waals surface area contributed by atoms with Crippen LogP contribution in [0, 0.1) is 5.92 Å². The third-order valence-corrected chi connectivity index (χ3v) is 4.25. The summed E-state index contributed by atoms with van der Waals surface area (Å²) in [5.41, 5.74) is 7.04. The number of likely N-dealkylation sites (tertiary alicyclic amines) is 1. The zero-order chi connectivity index (χ0) is 14.8. The number of nitrogens with zero attached hydrogens (tertiary/aromatic N) is 1. The minimum Gasteiger partial charge on any atom is -0.369 e. The number of carbonyl (C=O) groups excluding carboxylic acids is 2. The number of benzene rings is 1. The average Bonchev–Trinajstić information content (AvgIpc) is 2.92. The van der Waals surface area contributed by atoms with Crippen molar-refractivity contribution >= 4 is 22.6 Å². The molecule has 5 heteroatoms. The van der Waals surface area contributed by atoms with Gasteiger partial charge in [0.25, 0.3) is 0 Å². The van der Waals surface area contributed by atoms with Crippen LogP contribution >= 0.6 is 0 Å². The van der Waals surface area contributed by atoms with E-state index in [0.29, 0.717) is 6.54 Å². The van der Waals surface area contributed by atoms with Crippen molar-refractivity contribution in [2.75, 3.05) is 19.6 Å². The first kappa shape index (κ1) is 13.8. The highest BCUT2D eigenvalue weighted by molar-refractivity contribution is 6.08. The van der Waals surface area contributed by atoms with E-state index in [0.717, 1.165) is 42.4 Å². The number of rotatable bonds is 4. The van der Waals surface area contributed by atoms with Gasteiger partial charge in [-0.05, 0) is 32.0 Å². The van der Waals surface area contributed by atoms with E-state index in [2.05, 4.69) is 9.88 Å². The van der Waals surface area contributed by atoms with Crippen molar-refractivity contribution in [3.63, 3.8) is 0 Å². The minimum atomic E-state index is -0.224. The normalized spacial score (nSPS) is 17.1. The van der Waals surface area contributed by atoms with Crippen molar-refractivity contribution < 1.29 is 9.59 Å². The number of Topliss-reactive ketones (excluding diaryl/α,β-unsaturated/α-hetero) is 1. The lowest BCUT2D eigenvalue weighted by Crippen LogP contribution is -2.40. The molecule has 1 aromatic heterocycles. The van der Waals surface area contributed by atoms with Crippen LogP contribution in [0.25, 0.3) is 10.9 Å². The quantitative estimate of drug-likeness (QED) is 0.836. The number of amides is 1. The largest absolute Gasteiger partial charge is 0.369 e. The Hall–Kier alpha value is -2.14. The molecule has 1 amide bonds. The van der Waals surface area contributed by atoms with Crippen LogP contribution in [-0.4, -0.2) is 41.2 Å². The standard InChI is InChI=1S/C16H19N3O2/c17-16(21)11-5-7-19(8-6-11)10-15(20)13-9-18-14-4-2-1-3-12(13)14/h1-4,9,11,18H,5-8,10H2,(H2,17,21). The molecule has 1 aliphatic rings. The first-order chi connectivity index (χ1) is 10.1. The number of hydrogen-bond donors (Lipinski definition) is 2. The minimum absolute atomic E-state index is 0.0376. The van der Waals surface area contributed by atoms with Gasteiger partial charge in [-0.15, -0.1) is 0 Å². The van der Waals surface area contributed by atoms with E-state index >= 15 is 0 Å². The second-order valence-corrected chi connectivity index (χ2v) is 5.62. The number of piperidine rings is 1. The highest BCUT2D eigenvalue weighted by atomic mass is 16.1. The molecule has 3 rings (SSSR count). The van der Waals surface area contributed by atoms with Gasteiger partial charge in [-0.3, -0.25) is 14.5 Å². The van der Waals surface area contributed by atoms with Gasteiger partial charge < -0.3 is 10.7 Å². The summed E-state index contributed by atoms with van der Waals surface area (Å²) in [5.74, 6) is -0.146. The van der Waals surface area contributed by atoms with Crippen LogP contribution in [0.1, 0.15) is 23.2 Å². The summed E-state index contributed by atoms with van der Waals surface area (Å²) >= 11 is 0. The number of H-pyrrole nitrogens is 1. The molecule has 2 aromatic rings. The molecule has 0 atom stereocenters. The molecule has 1 fully saturated rings. The predicted octanol–water partition coefficient (Wildman–Crippen LogP) is 1.55. The maximum atomic E-state index is 12.5. The van der Waals surface area contributed by atoms with Crippen molar-refractivity contribution in [3.05, 3.63) is 36.0 Å². The molecule has 1 saturated heterocycles. The van der Waals surface area contributed by atoms with E-state index in [1.54, 1.807) is 6.20 Å². The predicted molar refractivity (Wildman–Crippen MR) is 81.0 cm³/mol. The average molecular weight is 285 g/mol. The third-order valence-electron chi connectivity index (χ3n) is 4.25. The smallest absolute Gasteiger partial charge is 0.220 e. The van der Waals surface area contributed by atoms with Gasteiger partial charge in [0.05, 0.1) is 6.54 Å². The molecule has 1 aromatic carbocycles. The highest BCUT2D eigenvalue weighted by Crippen LogP contribution is 2.20. The number of primary amides is 1. The lowest BCUT2D eigenvalue weighted by atomic mass is 9.96. The Bertz CT molecular complexity index is 669. The highest BCUT2D eigenvalue weighted by Gasteiger charge is 2.24. The van der Waals surface area contributed by atoms with Gasteiger partial charge in [0, 0.05) is 28.6 Å². The molecule has 0 aliphatic carbocycles. The number of aromatic amines is 1. The van der Waals surface area contributed by atoms with Crippen LogP contribution in [0.5, 0.6) is 0 Å². The molecule has 0 radical (unpaired) electrons. The Morgan fingerprint density at radius 2 is 1.95 bits per heavy atom. The molecule has 0 spiro atoms. The fourth-order valence-corrected chi connectivity index (χ4v) is 2.97. The molecule has 110 valence electrons. The fraction of sp³-hybridized carbons (Fsp3) is 0.375. The molecule has 0 bridgehead atoms. The monoisotopic (exact) mass is 285 g/mol. The number of para-hydroxylation sites is 1. The van der Waals surface area contributed by atoms with E-state index in [-0.39, 0.29) is 17.6 Å². The molecular formula is C16H19N3O2. The first-order valence-corrected chi connectivity index (χ1v) is 7.26. The van der Waals surface area contributed by atoms with Crippen molar-refractivity contribution in [2.24, 2.45) is 11.7 Å². The van der Waals surface area contributed by atoms with Gasteiger partial charge in [0.2, 0.25) is 5.91 Å². The number of ketones is 1. The van der Waals surface area contributed by atoms with Crippen LogP contribution in [0.15, 0.2) is 30.5 Å². The second kappa shape index (κ2) is 5.69. The Kier molecular flexibility index (Phi) is 3.75. The molecule has 5 nitrogen and oxygen atoms in total. The van der Waals surface area contributed by atoms with Gasteiger partial charge in [0.15, 0.2) is 5.78 Å². The van der Waals surface area contributed by atoms with Gasteiger partial charge in [-0.1, -0.05) is 18.2 Å². The van der Waals surface area contributed by atoms with Crippen molar-refractivity contribution in [2.45, 2.75) is 12.8 Å². The van der Waals surface area contributed by atoms with Crippen LogP contribution in [0.3, 0.4) is 0 Å². The van der Waals surface area contributed by atoms with Crippen molar-refractivity contribution in [1.29, 1.82) is 0 Å². The summed E-state index contributed by atoms with van der Waals surface area (Å²) in [6.07, 6.45) is 3.27. The Balaban J connectivity index is 1.66. The van der Waals surface area contributed by atoms with E-state index < -0.39 is 0 Å². The van der Waals surface area contributed by atoms with Crippen LogP contribution < -0.4 is 5.73 Å². The van der Waals surface area contributed by atoms with Gasteiger partial charge in [-0.25, -0.2) is 0 Å². The Morgan fingerprint density at radius 1 is 1.24 bits per heavy atom. The van der Waals surface area contributed by atoms with E-state index in [1.165, 1.54) is 0 Å². The molecule has 1 aliphatic heterocycles.